The van der Waals surface area contributed by atoms with Gasteiger partial charge in [-0.2, -0.15) is 5.10 Å². The fourth-order valence-corrected chi connectivity index (χ4v) is 3.14. The number of nitrogens with one attached hydrogen (secondary N) is 1. The molecule has 24 heavy (non-hydrogen) atoms. The first-order valence-corrected chi connectivity index (χ1v) is 8.65. The molecule has 122 valence electrons. The van der Waals surface area contributed by atoms with Crippen molar-refractivity contribution in [1.29, 1.82) is 0 Å². The van der Waals surface area contributed by atoms with Gasteiger partial charge < -0.3 is 4.42 Å². The van der Waals surface area contributed by atoms with Gasteiger partial charge in [-0.25, -0.2) is 5.43 Å². The van der Waals surface area contributed by atoms with E-state index in [-0.39, 0.29) is 5.91 Å². The molecule has 4 nitrogen and oxygen atoms in total. The molecule has 7 heteroatoms. The number of hydrazone groups is 1. The molecule has 0 aliphatic heterocycles. The fourth-order valence-electron chi connectivity index (χ4n) is 2.04. The second-order valence-corrected chi connectivity index (χ2v) is 6.67. The van der Waals surface area contributed by atoms with Crippen LogP contribution in [0, 0.1) is 0 Å². The Morgan fingerprint density at radius 3 is 2.88 bits per heavy atom. The van der Waals surface area contributed by atoms with Crippen molar-refractivity contribution in [2.75, 3.05) is 0 Å². The van der Waals surface area contributed by atoms with Crippen LogP contribution in [0.25, 0.3) is 11.3 Å². The molecule has 2 aromatic heterocycles. The molecule has 0 aliphatic carbocycles. The minimum atomic E-state index is -0.182. The van der Waals surface area contributed by atoms with Gasteiger partial charge in [-0.05, 0) is 35.7 Å². The summed E-state index contributed by atoms with van der Waals surface area (Å²) < 4.78 is 5.65. The van der Waals surface area contributed by atoms with Gasteiger partial charge >= 0.3 is 0 Å². The molecule has 3 rings (SSSR count). The number of thiophene rings is 1. The topological polar surface area (TPSA) is 54.6 Å². The molecule has 0 saturated heterocycles. The van der Waals surface area contributed by atoms with Gasteiger partial charge in [0.05, 0.1) is 22.7 Å². The average Bonchev–Trinajstić information content (AvgIpc) is 3.22. The quantitative estimate of drug-likeness (QED) is 0.501. The van der Waals surface area contributed by atoms with Gasteiger partial charge in [-0.3, -0.25) is 4.79 Å². The Balaban J connectivity index is 1.63. The van der Waals surface area contributed by atoms with Gasteiger partial charge in [0.1, 0.15) is 11.5 Å². The standard InChI is InChI=1S/C17H12Cl2N2O2S/c18-14-5-1-4-13(17(14)19)15-7-6-11(23-15)10-20-21-16(22)9-12-3-2-8-24-12/h1-8,10H,9H2,(H,21,22)/b20-10+. The highest BCUT2D eigenvalue weighted by Gasteiger charge is 2.10. The predicted octanol–water partition coefficient (Wildman–Crippen LogP) is 5.01. The van der Waals surface area contributed by atoms with Crippen molar-refractivity contribution in [3.63, 3.8) is 0 Å². The zero-order valence-corrected chi connectivity index (χ0v) is 14.7. The minimum absolute atomic E-state index is 0.182. The van der Waals surface area contributed by atoms with E-state index in [1.54, 1.807) is 24.3 Å². The highest BCUT2D eigenvalue weighted by atomic mass is 35.5. The van der Waals surface area contributed by atoms with Crippen molar-refractivity contribution < 1.29 is 9.21 Å². The second-order valence-electron chi connectivity index (χ2n) is 4.85. The summed E-state index contributed by atoms with van der Waals surface area (Å²) in [7, 11) is 0. The van der Waals surface area contributed by atoms with E-state index in [1.165, 1.54) is 17.6 Å². The number of nitrogens with zero attached hydrogens (tertiary/aromatic N) is 1. The highest BCUT2D eigenvalue weighted by molar-refractivity contribution is 7.10. The number of halogens is 2. The molecule has 1 N–H and O–H groups in total. The molecule has 0 radical (unpaired) electrons. The third kappa shape index (κ3) is 4.06. The van der Waals surface area contributed by atoms with Crippen LogP contribution in [0.3, 0.4) is 0 Å². The number of carbonyl (C=O) groups is 1. The van der Waals surface area contributed by atoms with Crippen molar-refractivity contribution in [2.24, 2.45) is 5.10 Å². The number of furan rings is 1. The smallest absolute Gasteiger partial charge is 0.245 e. The van der Waals surface area contributed by atoms with Crippen LogP contribution in [-0.4, -0.2) is 12.1 Å². The SMILES string of the molecule is O=C(Cc1cccs1)N/N=C/c1ccc(-c2cccc(Cl)c2Cl)o1. The third-order valence-corrected chi connectivity index (χ3v) is 4.84. The second kappa shape index (κ2) is 7.66. The number of carbonyl (C=O) groups excluding carboxylic acids is 1. The van der Waals surface area contributed by atoms with Crippen molar-refractivity contribution in [3.05, 3.63) is 68.5 Å². The first kappa shape index (κ1) is 16.8. The Labute approximate surface area is 152 Å². The normalized spacial score (nSPS) is 11.1. The monoisotopic (exact) mass is 378 g/mol. The maximum atomic E-state index is 11.7. The van der Waals surface area contributed by atoms with Crippen LogP contribution in [-0.2, 0) is 11.2 Å². The minimum Gasteiger partial charge on any atom is -0.455 e. The Morgan fingerprint density at radius 2 is 2.08 bits per heavy atom. The molecule has 0 fully saturated rings. The molecular weight excluding hydrogens is 367 g/mol. The van der Waals surface area contributed by atoms with E-state index in [2.05, 4.69) is 10.5 Å². The zero-order chi connectivity index (χ0) is 16.9. The maximum absolute atomic E-state index is 11.7. The first-order chi connectivity index (χ1) is 11.6. The van der Waals surface area contributed by atoms with Crippen molar-refractivity contribution in [3.8, 4) is 11.3 Å². The summed E-state index contributed by atoms with van der Waals surface area (Å²) in [5.41, 5.74) is 3.17. The van der Waals surface area contributed by atoms with Gasteiger partial charge in [0.2, 0.25) is 5.91 Å². The van der Waals surface area contributed by atoms with E-state index in [1.807, 2.05) is 23.6 Å². The van der Waals surface area contributed by atoms with Crippen LogP contribution >= 0.6 is 34.5 Å². The van der Waals surface area contributed by atoms with E-state index < -0.39 is 0 Å². The molecule has 1 amide bonds. The third-order valence-electron chi connectivity index (χ3n) is 3.14. The summed E-state index contributed by atoms with van der Waals surface area (Å²) in [4.78, 5) is 12.7. The van der Waals surface area contributed by atoms with Gasteiger partial charge in [0.15, 0.2) is 0 Å². The summed E-state index contributed by atoms with van der Waals surface area (Å²) >= 11 is 13.7. The van der Waals surface area contributed by atoms with Crippen LogP contribution in [0.15, 0.2) is 57.4 Å². The van der Waals surface area contributed by atoms with Gasteiger partial charge in [-0.1, -0.05) is 35.3 Å². The lowest BCUT2D eigenvalue weighted by Gasteiger charge is -2.01. The van der Waals surface area contributed by atoms with Crippen molar-refractivity contribution >= 4 is 46.7 Å². The summed E-state index contributed by atoms with van der Waals surface area (Å²) in [6, 6.07) is 12.6. The van der Waals surface area contributed by atoms with Crippen LogP contribution in [0.5, 0.6) is 0 Å². The van der Waals surface area contributed by atoms with Gasteiger partial charge in [-0.15, -0.1) is 11.3 Å². The molecule has 0 spiro atoms. The van der Waals surface area contributed by atoms with E-state index in [0.29, 0.717) is 33.6 Å². The molecule has 0 unspecified atom stereocenters. The number of rotatable bonds is 5. The predicted molar refractivity (Wildman–Crippen MR) is 97.9 cm³/mol. The average molecular weight is 379 g/mol. The summed E-state index contributed by atoms with van der Waals surface area (Å²) in [5.74, 6) is 0.893. The van der Waals surface area contributed by atoms with E-state index in [0.717, 1.165) is 4.88 Å². The van der Waals surface area contributed by atoms with Gasteiger partial charge in [0, 0.05) is 10.4 Å². The van der Waals surface area contributed by atoms with Gasteiger partial charge in [0.25, 0.3) is 0 Å². The van der Waals surface area contributed by atoms with Crippen LogP contribution in [0.1, 0.15) is 10.6 Å². The number of amides is 1. The van der Waals surface area contributed by atoms with Crippen LogP contribution in [0.2, 0.25) is 10.0 Å². The van der Waals surface area contributed by atoms with E-state index in [4.69, 9.17) is 27.6 Å². The zero-order valence-electron chi connectivity index (χ0n) is 12.3. The fraction of sp³-hybridized carbons (Fsp3) is 0.0588. The maximum Gasteiger partial charge on any atom is 0.245 e. The molecule has 2 heterocycles. The molecule has 0 saturated carbocycles. The molecule has 1 aromatic carbocycles. The largest absolute Gasteiger partial charge is 0.455 e. The summed E-state index contributed by atoms with van der Waals surface area (Å²) in [6.45, 7) is 0. The summed E-state index contributed by atoms with van der Waals surface area (Å²) in [6.07, 6.45) is 1.74. The molecular formula is C17H12Cl2N2O2S. The molecule has 3 aromatic rings. The Bertz CT molecular complexity index is 873. The van der Waals surface area contributed by atoms with E-state index >= 15 is 0 Å². The number of benzene rings is 1. The molecule has 0 aliphatic rings. The Kier molecular flexibility index (Phi) is 5.35. The molecule has 0 bridgehead atoms. The number of hydrogen-bond acceptors (Lipinski definition) is 4. The number of hydrogen-bond donors (Lipinski definition) is 1. The Hall–Kier alpha value is -2.08. The lowest BCUT2D eigenvalue weighted by molar-refractivity contribution is -0.120. The lowest BCUT2D eigenvalue weighted by atomic mass is 10.2. The lowest BCUT2D eigenvalue weighted by Crippen LogP contribution is -2.19. The molecule has 0 atom stereocenters. The van der Waals surface area contributed by atoms with E-state index in [9.17, 15) is 4.79 Å². The summed E-state index contributed by atoms with van der Waals surface area (Å²) in [5, 5.41) is 6.72. The van der Waals surface area contributed by atoms with Crippen molar-refractivity contribution in [2.45, 2.75) is 6.42 Å². The first-order valence-electron chi connectivity index (χ1n) is 7.02. The van der Waals surface area contributed by atoms with Crippen LogP contribution < -0.4 is 5.43 Å². The van der Waals surface area contributed by atoms with Crippen molar-refractivity contribution in [1.82, 2.24) is 5.43 Å². The Morgan fingerprint density at radius 1 is 1.21 bits per heavy atom. The highest BCUT2D eigenvalue weighted by Crippen LogP contribution is 2.34. The van der Waals surface area contributed by atoms with Crippen LogP contribution in [0.4, 0.5) is 0 Å².